The fourth-order valence-corrected chi connectivity index (χ4v) is 1.93. The van der Waals surface area contributed by atoms with Crippen molar-refractivity contribution >= 4 is 11.9 Å². The van der Waals surface area contributed by atoms with Crippen LogP contribution in [0, 0.1) is 5.92 Å². The third-order valence-electron chi connectivity index (χ3n) is 2.77. The zero-order valence-corrected chi connectivity index (χ0v) is 8.90. The van der Waals surface area contributed by atoms with Gasteiger partial charge in [0.1, 0.15) is 0 Å². The Morgan fingerprint density at radius 1 is 1.53 bits per heavy atom. The van der Waals surface area contributed by atoms with E-state index in [0.29, 0.717) is 5.92 Å². The van der Waals surface area contributed by atoms with Gasteiger partial charge in [-0.25, -0.2) is 0 Å². The van der Waals surface area contributed by atoms with Gasteiger partial charge in [0.15, 0.2) is 0 Å². The second kappa shape index (κ2) is 5.11. The SMILES string of the molecule is CC1CCC(NC(=O)C(N)CC(=O)O)C1. The number of hydrogen-bond acceptors (Lipinski definition) is 3. The Balaban J connectivity index is 2.31. The molecule has 4 N–H and O–H groups in total. The molecular weight excluding hydrogens is 196 g/mol. The van der Waals surface area contributed by atoms with Crippen LogP contribution in [0.25, 0.3) is 0 Å². The highest BCUT2D eigenvalue weighted by Gasteiger charge is 2.25. The predicted octanol–water partition coefficient (Wildman–Crippen LogP) is 0.0932. The lowest BCUT2D eigenvalue weighted by molar-refractivity contribution is -0.139. The molecule has 0 radical (unpaired) electrons. The number of carbonyl (C=O) groups excluding carboxylic acids is 1. The monoisotopic (exact) mass is 214 g/mol. The number of hydrogen-bond donors (Lipinski definition) is 3. The minimum Gasteiger partial charge on any atom is -0.481 e. The molecule has 0 heterocycles. The van der Waals surface area contributed by atoms with E-state index in [1.54, 1.807) is 0 Å². The lowest BCUT2D eigenvalue weighted by Gasteiger charge is -2.15. The Labute approximate surface area is 89.0 Å². The van der Waals surface area contributed by atoms with Crippen molar-refractivity contribution < 1.29 is 14.7 Å². The van der Waals surface area contributed by atoms with Gasteiger partial charge in [0.05, 0.1) is 12.5 Å². The second-order valence-electron chi connectivity index (χ2n) is 4.33. The van der Waals surface area contributed by atoms with Crippen molar-refractivity contribution in [3.63, 3.8) is 0 Å². The van der Waals surface area contributed by atoms with Crippen LogP contribution in [0.1, 0.15) is 32.6 Å². The quantitative estimate of drug-likeness (QED) is 0.618. The molecule has 0 saturated heterocycles. The number of carbonyl (C=O) groups is 2. The standard InChI is InChI=1S/C10H18N2O3/c1-6-2-3-7(4-6)12-10(15)8(11)5-9(13)14/h6-8H,2-5,11H2,1H3,(H,12,15)(H,13,14). The third kappa shape index (κ3) is 3.87. The normalized spacial score (nSPS) is 27.3. The summed E-state index contributed by atoms with van der Waals surface area (Å²) >= 11 is 0. The zero-order valence-electron chi connectivity index (χ0n) is 8.90. The van der Waals surface area contributed by atoms with Crippen LogP contribution in [0.2, 0.25) is 0 Å². The van der Waals surface area contributed by atoms with E-state index in [9.17, 15) is 9.59 Å². The molecule has 0 aromatic carbocycles. The molecule has 0 spiro atoms. The van der Waals surface area contributed by atoms with Crippen molar-refractivity contribution in [2.24, 2.45) is 11.7 Å². The molecule has 86 valence electrons. The van der Waals surface area contributed by atoms with E-state index in [4.69, 9.17) is 10.8 Å². The van der Waals surface area contributed by atoms with Gasteiger partial charge in [-0.1, -0.05) is 6.92 Å². The Hall–Kier alpha value is -1.10. The minimum atomic E-state index is -1.04. The Bertz CT molecular complexity index is 255. The van der Waals surface area contributed by atoms with E-state index in [-0.39, 0.29) is 18.4 Å². The van der Waals surface area contributed by atoms with Crippen molar-refractivity contribution in [2.45, 2.75) is 44.7 Å². The van der Waals surface area contributed by atoms with Gasteiger partial charge in [0, 0.05) is 6.04 Å². The first kappa shape index (κ1) is 12.0. The summed E-state index contributed by atoms with van der Waals surface area (Å²) in [5, 5.41) is 11.3. The Morgan fingerprint density at radius 3 is 2.67 bits per heavy atom. The van der Waals surface area contributed by atoms with Crippen molar-refractivity contribution in [3.05, 3.63) is 0 Å². The lowest BCUT2D eigenvalue weighted by atomic mass is 10.1. The molecule has 1 rings (SSSR count). The van der Waals surface area contributed by atoms with Crippen molar-refractivity contribution in [1.82, 2.24) is 5.32 Å². The Morgan fingerprint density at radius 2 is 2.20 bits per heavy atom. The third-order valence-corrected chi connectivity index (χ3v) is 2.77. The highest BCUT2D eigenvalue weighted by Crippen LogP contribution is 2.24. The van der Waals surface area contributed by atoms with E-state index in [1.807, 2.05) is 0 Å². The van der Waals surface area contributed by atoms with Gasteiger partial charge in [-0.05, 0) is 25.2 Å². The number of carboxylic acids is 1. The topological polar surface area (TPSA) is 92.4 Å². The van der Waals surface area contributed by atoms with E-state index >= 15 is 0 Å². The van der Waals surface area contributed by atoms with Crippen LogP contribution in [0.4, 0.5) is 0 Å². The maximum atomic E-state index is 11.4. The fraction of sp³-hybridized carbons (Fsp3) is 0.800. The van der Waals surface area contributed by atoms with Crippen LogP contribution < -0.4 is 11.1 Å². The molecule has 0 aliphatic heterocycles. The summed E-state index contributed by atoms with van der Waals surface area (Å²) in [5.41, 5.74) is 5.44. The maximum Gasteiger partial charge on any atom is 0.305 e. The fourth-order valence-electron chi connectivity index (χ4n) is 1.93. The highest BCUT2D eigenvalue weighted by molar-refractivity contribution is 5.86. The molecule has 3 atom stereocenters. The van der Waals surface area contributed by atoms with Crippen molar-refractivity contribution in [3.8, 4) is 0 Å². The molecule has 0 bridgehead atoms. The average molecular weight is 214 g/mol. The second-order valence-corrected chi connectivity index (χ2v) is 4.33. The molecule has 1 aliphatic carbocycles. The van der Waals surface area contributed by atoms with Crippen molar-refractivity contribution in [2.75, 3.05) is 0 Å². The molecule has 1 amide bonds. The smallest absolute Gasteiger partial charge is 0.305 e. The summed E-state index contributed by atoms with van der Waals surface area (Å²) in [4.78, 5) is 21.8. The molecule has 15 heavy (non-hydrogen) atoms. The summed E-state index contributed by atoms with van der Waals surface area (Å²) in [6.45, 7) is 2.14. The first-order valence-electron chi connectivity index (χ1n) is 5.26. The minimum absolute atomic E-state index is 0.173. The molecule has 1 saturated carbocycles. The summed E-state index contributed by atoms with van der Waals surface area (Å²) in [7, 11) is 0. The van der Waals surface area contributed by atoms with Crippen LogP contribution in [0.5, 0.6) is 0 Å². The average Bonchev–Trinajstić information content (AvgIpc) is 2.50. The van der Waals surface area contributed by atoms with E-state index in [2.05, 4.69) is 12.2 Å². The number of aliphatic carboxylic acids is 1. The largest absolute Gasteiger partial charge is 0.481 e. The zero-order chi connectivity index (χ0) is 11.4. The predicted molar refractivity (Wildman–Crippen MR) is 55.2 cm³/mol. The van der Waals surface area contributed by atoms with E-state index in [0.717, 1.165) is 19.3 Å². The summed E-state index contributed by atoms with van der Waals surface area (Å²) < 4.78 is 0. The van der Waals surface area contributed by atoms with Crippen LogP contribution in [-0.2, 0) is 9.59 Å². The van der Waals surface area contributed by atoms with Crippen LogP contribution >= 0.6 is 0 Å². The molecule has 1 fully saturated rings. The first-order valence-corrected chi connectivity index (χ1v) is 5.26. The van der Waals surface area contributed by atoms with Gasteiger partial charge < -0.3 is 16.2 Å². The summed E-state index contributed by atoms with van der Waals surface area (Å²) in [6.07, 6.45) is 2.73. The molecule has 3 unspecified atom stereocenters. The number of amides is 1. The number of rotatable bonds is 4. The van der Waals surface area contributed by atoms with Crippen LogP contribution in [0.15, 0.2) is 0 Å². The molecule has 5 heteroatoms. The number of nitrogens with two attached hydrogens (primary N) is 1. The van der Waals surface area contributed by atoms with Gasteiger partial charge in [-0.3, -0.25) is 9.59 Å². The molecular formula is C10H18N2O3. The van der Waals surface area contributed by atoms with Crippen LogP contribution in [-0.4, -0.2) is 29.1 Å². The number of carboxylic acid groups (broad SMARTS) is 1. The molecule has 0 aromatic heterocycles. The number of nitrogens with one attached hydrogen (secondary N) is 1. The van der Waals surface area contributed by atoms with Gasteiger partial charge >= 0.3 is 5.97 Å². The van der Waals surface area contributed by atoms with E-state index < -0.39 is 12.0 Å². The van der Waals surface area contributed by atoms with Crippen molar-refractivity contribution in [1.29, 1.82) is 0 Å². The summed E-state index contributed by atoms with van der Waals surface area (Å²) in [5.74, 6) is -0.764. The highest BCUT2D eigenvalue weighted by atomic mass is 16.4. The molecule has 0 aromatic rings. The molecule has 5 nitrogen and oxygen atoms in total. The maximum absolute atomic E-state index is 11.4. The lowest BCUT2D eigenvalue weighted by Crippen LogP contribution is -2.45. The van der Waals surface area contributed by atoms with Gasteiger partial charge in [-0.2, -0.15) is 0 Å². The van der Waals surface area contributed by atoms with Gasteiger partial charge in [0.25, 0.3) is 0 Å². The first-order chi connectivity index (χ1) is 6.99. The Kier molecular flexibility index (Phi) is 4.08. The van der Waals surface area contributed by atoms with Gasteiger partial charge in [0.2, 0.25) is 5.91 Å². The van der Waals surface area contributed by atoms with Gasteiger partial charge in [-0.15, -0.1) is 0 Å². The van der Waals surface area contributed by atoms with E-state index in [1.165, 1.54) is 0 Å². The van der Waals surface area contributed by atoms with Crippen LogP contribution in [0.3, 0.4) is 0 Å². The summed E-state index contributed by atoms with van der Waals surface area (Å²) in [6, 6.07) is -0.759. The molecule has 1 aliphatic rings.